The van der Waals surface area contributed by atoms with Crippen molar-refractivity contribution < 1.29 is 24.1 Å². The first-order valence-corrected chi connectivity index (χ1v) is 13.4. The minimum absolute atomic E-state index is 0.0396. The normalized spacial score (nSPS) is 19.8. The summed E-state index contributed by atoms with van der Waals surface area (Å²) in [5.41, 5.74) is 1.20. The van der Waals surface area contributed by atoms with Crippen molar-refractivity contribution in [2.75, 3.05) is 20.3 Å². The monoisotopic (exact) mass is 476 g/mol. The van der Waals surface area contributed by atoms with E-state index >= 15 is 0 Å². The van der Waals surface area contributed by atoms with E-state index in [1.165, 1.54) is 69.8 Å². The van der Waals surface area contributed by atoms with Gasteiger partial charge >= 0.3 is 0 Å². The van der Waals surface area contributed by atoms with Crippen molar-refractivity contribution in [3.63, 3.8) is 0 Å². The molecule has 1 aliphatic heterocycles. The van der Waals surface area contributed by atoms with Crippen LogP contribution in [0.1, 0.15) is 96.5 Å². The summed E-state index contributed by atoms with van der Waals surface area (Å²) in [6, 6.07) is 8.09. The Balaban J connectivity index is 1.35. The molecule has 34 heavy (non-hydrogen) atoms. The third-order valence-electron chi connectivity index (χ3n) is 6.36. The van der Waals surface area contributed by atoms with E-state index in [0.29, 0.717) is 6.61 Å². The van der Waals surface area contributed by atoms with Crippen LogP contribution in [0.4, 0.5) is 0 Å². The van der Waals surface area contributed by atoms with Gasteiger partial charge in [0, 0.05) is 6.61 Å². The Kier molecular flexibility index (Phi) is 14.5. The predicted molar refractivity (Wildman–Crippen MR) is 138 cm³/mol. The van der Waals surface area contributed by atoms with Crippen LogP contribution < -0.4 is 4.74 Å². The van der Waals surface area contributed by atoms with Crippen LogP contribution >= 0.6 is 0 Å². The Labute approximate surface area is 207 Å². The maximum atomic E-state index is 9.01. The quantitative estimate of drug-likeness (QED) is 0.173. The van der Waals surface area contributed by atoms with Gasteiger partial charge in [0.1, 0.15) is 11.9 Å². The summed E-state index contributed by atoms with van der Waals surface area (Å²) in [4.78, 5) is 0. The molecule has 194 valence electrons. The van der Waals surface area contributed by atoms with Crippen molar-refractivity contribution in [2.24, 2.45) is 0 Å². The lowest BCUT2D eigenvalue weighted by molar-refractivity contribution is -0.143. The van der Waals surface area contributed by atoms with Crippen LogP contribution in [-0.2, 0) is 20.8 Å². The van der Waals surface area contributed by atoms with E-state index in [1.54, 1.807) is 13.2 Å². The highest BCUT2D eigenvalue weighted by Gasteiger charge is 2.39. The topological polar surface area (TPSA) is 57.2 Å². The van der Waals surface area contributed by atoms with Crippen LogP contribution in [0.3, 0.4) is 0 Å². The zero-order valence-electron chi connectivity index (χ0n) is 21.8. The van der Waals surface area contributed by atoms with E-state index in [1.807, 2.05) is 32.1 Å². The summed E-state index contributed by atoms with van der Waals surface area (Å²) in [6.45, 7) is 5.51. The lowest BCUT2D eigenvalue weighted by Gasteiger charge is -2.16. The molecule has 1 saturated heterocycles. The largest absolute Gasteiger partial charge is 0.497 e. The fraction of sp³-hybridized carbons (Fsp3) is 0.724. The van der Waals surface area contributed by atoms with E-state index in [0.717, 1.165) is 25.2 Å². The van der Waals surface area contributed by atoms with Gasteiger partial charge in [-0.1, -0.05) is 88.5 Å². The second kappa shape index (κ2) is 17.1. The molecule has 0 spiro atoms. The molecule has 1 aromatic carbocycles. The second-order valence-electron chi connectivity index (χ2n) is 9.83. The van der Waals surface area contributed by atoms with E-state index < -0.39 is 5.79 Å². The minimum atomic E-state index is -0.528. The Hall–Kier alpha value is -1.40. The van der Waals surface area contributed by atoms with Crippen LogP contribution in [0.25, 0.3) is 0 Å². The van der Waals surface area contributed by atoms with Gasteiger partial charge in [0.2, 0.25) is 0 Å². The fourth-order valence-electron chi connectivity index (χ4n) is 4.50. The standard InChI is InChI=1S/C29H48O5/c1-29(2)33-27(28(34-29)17-15-22-30)16-13-11-9-7-5-4-6-8-10-12-14-23-32-24-25-18-20-26(31-3)21-19-25/h15,17-21,27-28,30H,4-14,16,22-24H2,1-3H3/b17-15+/t27-,28-/m0/s1. The molecular weight excluding hydrogens is 428 g/mol. The molecule has 5 heteroatoms. The number of ether oxygens (including phenoxy) is 4. The third-order valence-corrected chi connectivity index (χ3v) is 6.36. The first-order valence-electron chi connectivity index (χ1n) is 13.4. The zero-order valence-corrected chi connectivity index (χ0v) is 21.8. The predicted octanol–water partition coefficient (Wildman–Crippen LogP) is 6.96. The molecule has 1 aliphatic rings. The Morgan fingerprint density at radius 2 is 1.44 bits per heavy atom. The number of hydrogen-bond acceptors (Lipinski definition) is 5. The maximum Gasteiger partial charge on any atom is 0.164 e. The highest BCUT2D eigenvalue weighted by Crippen LogP contribution is 2.31. The smallest absolute Gasteiger partial charge is 0.164 e. The number of aliphatic hydroxyl groups is 1. The number of hydrogen-bond donors (Lipinski definition) is 1. The molecule has 2 rings (SSSR count). The summed E-state index contributed by atoms with van der Waals surface area (Å²) in [7, 11) is 1.69. The molecule has 1 aromatic rings. The second-order valence-corrected chi connectivity index (χ2v) is 9.83. The number of aliphatic hydroxyl groups excluding tert-OH is 1. The van der Waals surface area contributed by atoms with Gasteiger partial charge in [-0.3, -0.25) is 0 Å². The van der Waals surface area contributed by atoms with Gasteiger partial charge in [-0.25, -0.2) is 0 Å². The van der Waals surface area contributed by atoms with Crippen molar-refractivity contribution in [1.29, 1.82) is 0 Å². The Bertz CT molecular complexity index is 655. The summed E-state index contributed by atoms with van der Waals surface area (Å²) >= 11 is 0. The molecule has 0 unspecified atom stereocenters. The molecule has 1 fully saturated rings. The van der Waals surface area contributed by atoms with Crippen LogP contribution in [0.15, 0.2) is 36.4 Å². The number of methoxy groups -OCH3 is 1. The van der Waals surface area contributed by atoms with Crippen LogP contribution in [0, 0.1) is 0 Å². The molecule has 0 radical (unpaired) electrons. The number of rotatable bonds is 19. The van der Waals surface area contributed by atoms with Crippen molar-refractivity contribution in [2.45, 2.75) is 115 Å². The molecule has 2 atom stereocenters. The van der Waals surface area contributed by atoms with Gasteiger partial charge in [-0.2, -0.15) is 0 Å². The van der Waals surface area contributed by atoms with Gasteiger partial charge < -0.3 is 24.1 Å². The lowest BCUT2D eigenvalue weighted by Crippen LogP contribution is -2.21. The molecule has 0 amide bonds. The SMILES string of the molecule is COc1ccc(COCCCCCCCCCCCCC[C@@H]2OC(C)(C)O[C@H]2/C=C/CO)cc1. The zero-order chi connectivity index (χ0) is 24.5. The highest BCUT2D eigenvalue weighted by atomic mass is 16.7. The van der Waals surface area contributed by atoms with Gasteiger partial charge in [-0.05, 0) is 44.4 Å². The minimum Gasteiger partial charge on any atom is -0.497 e. The third kappa shape index (κ3) is 12.3. The molecule has 5 nitrogen and oxygen atoms in total. The van der Waals surface area contributed by atoms with Gasteiger partial charge in [-0.15, -0.1) is 0 Å². The summed E-state index contributed by atoms with van der Waals surface area (Å²) < 4.78 is 22.9. The molecule has 0 aliphatic carbocycles. The van der Waals surface area contributed by atoms with Crippen molar-refractivity contribution in [3.05, 3.63) is 42.0 Å². The van der Waals surface area contributed by atoms with E-state index in [9.17, 15) is 0 Å². The molecule has 1 heterocycles. The van der Waals surface area contributed by atoms with Gasteiger partial charge in [0.05, 0.1) is 26.4 Å². The average molecular weight is 477 g/mol. The molecule has 0 saturated carbocycles. The summed E-state index contributed by atoms with van der Waals surface area (Å²) in [6.07, 6.45) is 19.0. The van der Waals surface area contributed by atoms with Crippen LogP contribution in [0.2, 0.25) is 0 Å². The number of unbranched alkanes of at least 4 members (excludes halogenated alkanes) is 10. The molecule has 0 bridgehead atoms. The average Bonchev–Trinajstić information content (AvgIpc) is 3.13. The number of benzene rings is 1. The van der Waals surface area contributed by atoms with Crippen LogP contribution in [0.5, 0.6) is 5.75 Å². The maximum absolute atomic E-state index is 9.01. The van der Waals surface area contributed by atoms with E-state index in [4.69, 9.17) is 24.1 Å². The first-order chi connectivity index (χ1) is 16.5. The Morgan fingerprint density at radius 3 is 2.03 bits per heavy atom. The van der Waals surface area contributed by atoms with Crippen molar-refractivity contribution >= 4 is 0 Å². The van der Waals surface area contributed by atoms with Crippen LogP contribution in [-0.4, -0.2) is 43.4 Å². The van der Waals surface area contributed by atoms with Gasteiger partial charge in [0.25, 0.3) is 0 Å². The fourth-order valence-corrected chi connectivity index (χ4v) is 4.50. The highest BCUT2D eigenvalue weighted by molar-refractivity contribution is 5.26. The summed E-state index contributed by atoms with van der Waals surface area (Å²) in [5, 5.41) is 9.01. The lowest BCUT2D eigenvalue weighted by atomic mass is 10.0. The van der Waals surface area contributed by atoms with E-state index in [-0.39, 0.29) is 18.8 Å². The van der Waals surface area contributed by atoms with E-state index in [2.05, 4.69) is 12.1 Å². The Morgan fingerprint density at radius 1 is 0.853 bits per heavy atom. The molecule has 0 aromatic heterocycles. The van der Waals surface area contributed by atoms with Crippen molar-refractivity contribution in [1.82, 2.24) is 0 Å². The van der Waals surface area contributed by atoms with Crippen molar-refractivity contribution in [3.8, 4) is 5.75 Å². The summed E-state index contributed by atoms with van der Waals surface area (Å²) in [5.74, 6) is 0.360. The molecular formula is C29H48O5. The molecule has 1 N–H and O–H groups in total. The van der Waals surface area contributed by atoms with Gasteiger partial charge in [0.15, 0.2) is 5.79 Å². The first kappa shape index (κ1) is 28.8.